The first-order chi connectivity index (χ1) is 13.0. The number of nitrogens with one attached hydrogen (secondary N) is 1. The molecule has 4 N–H and O–H groups in total. The van der Waals surface area contributed by atoms with Crippen LogP contribution < -0.4 is 5.32 Å². The van der Waals surface area contributed by atoms with Crippen molar-refractivity contribution in [2.45, 2.75) is 89.9 Å². The van der Waals surface area contributed by atoms with E-state index < -0.39 is 18.3 Å². The second-order valence-electron chi connectivity index (χ2n) is 7.61. The highest BCUT2D eigenvalue weighted by Crippen LogP contribution is 2.36. The Labute approximate surface area is 164 Å². The molecule has 0 spiro atoms. The van der Waals surface area contributed by atoms with Crippen LogP contribution >= 0.6 is 0 Å². The molecular formula is C22H39NO4. The van der Waals surface area contributed by atoms with Crippen LogP contribution in [-0.4, -0.2) is 46.1 Å². The molecule has 0 heterocycles. The Kier molecular flexibility index (Phi) is 12.3. The molecule has 5 heteroatoms. The monoisotopic (exact) mass is 381 g/mol. The van der Waals surface area contributed by atoms with E-state index in [4.69, 9.17) is 0 Å². The summed E-state index contributed by atoms with van der Waals surface area (Å²) < 4.78 is 0. The molecule has 0 aromatic carbocycles. The fourth-order valence-electron chi connectivity index (χ4n) is 3.70. The van der Waals surface area contributed by atoms with Crippen molar-refractivity contribution in [1.29, 1.82) is 0 Å². The molecule has 27 heavy (non-hydrogen) atoms. The maximum atomic E-state index is 11.4. The molecule has 156 valence electrons. The van der Waals surface area contributed by atoms with Crippen LogP contribution in [0.4, 0.5) is 0 Å². The Hall–Kier alpha value is -1.17. The van der Waals surface area contributed by atoms with Crippen molar-refractivity contribution in [3.8, 4) is 0 Å². The summed E-state index contributed by atoms with van der Waals surface area (Å²) in [5.41, 5.74) is 0. The summed E-state index contributed by atoms with van der Waals surface area (Å²) in [6.07, 6.45) is 13.5. The van der Waals surface area contributed by atoms with E-state index in [2.05, 4.69) is 18.3 Å². The molecule has 1 saturated carbocycles. The van der Waals surface area contributed by atoms with E-state index in [1.54, 1.807) is 6.08 Å². The summed E-state index contributed by atoms with van der Waals surface area (Å²) in [4.78, 5) is 11.4. The smallest absolute Gasteiger partial charge is 0.219 e. The lowest BCUT2D eigenvalue weighted by Gasteiger charge is -2.19. The molecule has 0 aromatic heterocycles. The van der Waals surface area contributed by atoms with E-state index >= 15 is 0 Å². The van der Waals surface area contributed by atoms with Crippen molar-refractivity contribution in [2.24, 2.45) is 11.8 Å². The average molecular weight is 382 g/mol. The lowest BCUT2D eigenvalue weighted by atomic mass is 9.89. The van der Waals surface area contributed by atoms with Crippen LogP contribution in [0.15, 0.2) is 24.3 Å². The van der Waals surface area contributed by atoms with Crippen molar-refractivity contribution in [1.82, 2.24) is 5.32 Å². The van der Waals surface area contributed by atoms with Crippen LogP contribution in [-0.2, 0) is 4.79 Å². The first-order valence-electron chi connectivity index (χ1n) is 10.6. The largest absolute Gasteiger partial charge is 0.393 e. The lowest BCUT2D eigenvalue weighted by Crippen LogP contribution is -2.21. The van der Waals surface area contributed by atoms with E-state index in [0.29, 0.717) is 25.8 Å². The molecule has 1 fully saturated rings. The molecule has 0 radical (unpaired) electrons. The molecule has 0 bridgehead atoms. The SMILES string of the molecule is CCCCC[C@H](O)C=C[C@@H]1[C@@H](C/C=C/CCCC(=O)NCC)[C@@H](O)C[C@H]1O. The van der Waals surface area contributed by atoms with E-state index in [0.717, 1.165) is 38.5 Å². The summed E-state index contributed by atoms with van der Waals surface area (Å²) in [5, 5.41) is 33.3. The molecule has 1 aliphatic carbocycles. The van der Waals surface area contributed by atoms with E-state index in [9.17, 15) is 20.1 Å². The maximum absolute atomic E-state index is 11.4. The molecular weight excluding hydrogens is 342 g/mol. The normalized spacial score (nSPS) is 26.9. The third-order valence-electron chi connectivity index (χ3n) is 5.30. The van der Waals surface area contributed by atoms with Gasteiger partial charge in [-0.3, -0.25) is 4.79 Å². The number of aliphatic hydroxyl groups excluding tert-OH is 3. The molecule has 1 rings (SSSR count). The van der Waals surface area contributed by atoms with Gasteiger partial charge in [0.2, 0.25) is 5.91 Å². The first kappa shape index (κ1) is 23.9. The van der Waals surface area contributed by atoms with Crippen LogP contribution in [0.25, 0.3) is 0 Å². The van der Waals surface area contributed by atoms with Crippen molar-refractivity contribution in [2.75, 3.05) is 6.54 Å². The van der Waals surface area contributed by atoms with Gasteiger partial charge in [-0.25, -0.2) is 0 Å². The highest BCUT2D eigenvalue weighted by Gasteiger charge is 2.39. The predicted octanol–water partition coefficient (Wildman–Crippen LogP) is 3.09. The van der Waals surface area contributed by atoms with Gasteiger partial charge in [0.25, 0.3) is 0 Å². The average Bonchev–Trinajstić information content (AvgIpc) is 2.89. The molecule has 5 nitrogen and oxygen atoms in total. The standard InChI is InChI=1S/C22H39NO4/c1-3-5-8-11-17(24)14-15-19-18(20(25)16-21(19)26)12-9-6-7-10-13-22(27)23-4-2/h6,9,14-15,17-21,24-26H,3-5,7-8,10-13,16H2,1-2H3,(H,23,27)/b9-6+,15-14?/t17-,18+,19+,20-,21+/m0/s1. The summed E-state index contributed by atoms with van der Waals surface area (Å²) in [6.45, 7) is 4.71. The predicted molar refractivity (Wildman–Crippen MR) is 109 cm³/mol. The van der Waals surface area contributed by atoms with Crippen LogP contribution in [0.2, 0.25) is 0 Å². The van der Waals surface area contributed by atoms with Crippen molar-refractivity contribution >= 4 is 5.91 Å². The third-order valence-corrected chi connectivity index (χ3v) is 5.30. The number of aliphatic hydroxyl groups is 3. The Morgan fingerprint density at radius 2 is 1.93 bits per heavy atom. The quantitative estimate of drug-likeness (QED) is 0.291. The number of carbonyl (C=O) groups is 1. The third kappa shape index (κ3) is 9.54. The summed E-state index contributed by atoms with van der Waals surface area (Å²) >= 11 is 0. The van der Waals surface area contributed by atoms with Gasteiger partial charge in [0.1, 0.15) is 0 Å². The second kappa shape index (κ2) is 13.9. The number of hydrogen-bond acceptors (Lipinski definition) is 4. The number of unbranched alkanes of at least 4 members (excludes halogenated alkanes) is 3. The Morgan fingerprint density at radius 3 is 2.63 bits per heavy atom. The summed E-state index contributed by atoms with van der Waals surface area (Å²) in [5.74, 6) is -0.0672. The van der Waals surface area contributed by atoms with Crippen LogP contribution in [0, 0.1) is 11.8 Å². The fraction of sp³-hybridized carbons (Fsp3) is 0.773. The zero-order chi connectivity index (χ0) is 20.1. The minimum atomic E-state index is -0.560. The van der Waals surface area contributed by atoms with Gasteiger partial charge >= 0.3 is 0 Å². The minimum Gasteiger partial charge on any atom is -0.393 e. The van der Waals surface area contributed by atoms with Crippen molar-refractivity contribution in [3.63, 3.8) is 0 Å². The van der Waals surface area contributed by atoms with Gasteiger partial charge in [-0.15, -0.1) is 0 Å². The number of carbonyl (C=O) groups excluding carboxylic acids is 1. The Bertz CT molecular complexity index is 463. The number of amides is 1. The molecule has 1 amide bonds. The highest BCUT2D eigenvalue weighted by molar-refractivity contribution is 5.75. The minimum absolute atomic E-state index is 0.0290. The topological polar surface area (TPSA) is 89.8 Å². The van der Waals surface area contributed by atoms with E-state index in [-0.39, 0.29) is 17.7 Å². The van der Waals surface area contributed by atoms with E-state index in [1.165, 1.54) is 0 Å². The molecule has 0 unspecified atom stereocenters. The van der Waals surface area contributed by atoms with Crippen molar-refractivity contribution in [3.05, 3.63) is 24.3 Å². The van der Waals surface area contributed by atoms with Gasteiger partial charge in [-0.05, 0) is 38.5 Å². The Balaban J connectivity index is 2.42. The van der Waals surface area contributed by atoms with E-state index in [1.807, 2.05) is 19.1 Å². The number of hydrogen-bond donors (Lipinski definition) is 4. The maximum Gasteiger partial charge on any atom is 0.219 e. The van der Waals surface area contributed by atoms with Crippen molar-refractivity contribution < 1.29 is 20.1 Å². The Morgan fingerprint density at radius 1 is 1.15 bits per heavy atom. The van der Waals surface area contributed by atoms with Crippen LogP contribution in [0.3, 0.4) is 0 Å². The summed E-state index contributed by atoms with van der Waals surface area (Å²) in [7, 11) is 0. The van der Waals surface area contributed by atoms with Gasteiger partial charge in [-0.1, -0.05) is 50.5 Å². The zero-order valence-corrected chi connectivity index (χ0v) is 17.0. The van der Waals surface area contributed by atoms with Gasteiger partial charge in [0.05, 0.1) is 18.3 Å². The zero-order valence-electron chi connectivity index (χ0n) is 17.0. The van der Waals surface area contributed by atoms with Crippen LogP contribution in [0.5, 0.6) is 0 Å². The lowest BCUT2D eigenvalue weighted by molar-refractivity contribution is -0.121. The highest BCUT2D eigenvalue weighted by atomic mass is 16.3. The molecule has 5 atom stereocenters. The van der Waals surface area contributed by atoms with Gasteiger partial charge < -0.3 is 20.6 Å². The molecule has 0 aliphatic heterocycles. The summed E-state index contributed by atoms with van der Waals surface area (Å²) in [6, 6.07) is 0. The molecule has 0 saturated heterocycles. The second-order valence-corrected chi connectivity index (χ2v) is 7.61. The molecule has 1 aliphatic rings. The van der Waals surface area contributed by atoms with Gasteiger partial charge in [-0.2, -0.15) is 0 Å². The number of rotatable bonds is 13. The van der Waals surface area contributed by atoms with Gasteiger partial charge in [0, 0.05) is 25.3 Å². The first-order valence-corrected chi connectivity index (χ1v) is 10.6. The van der Waals surface area contributed by atoms with Gasteiger partial charge in [0.15, 0.2) is 0 Å². The number of allylic oxidation sites excluding steroid dienone is 2. The van der Waals surface area contributed by atoms with Crippen LogP contribution in [0.1, 0.15) is 71.6 Å². The fourth-order valence-corrected chi connectivity index (χ4v) is 3.70. The molecule has 0 aromatic rings.